The van der Waals surface area contributed by atoms with E-state index in [0.717, 1.165) is 24.0 Å². The lowest BCUT2D eigenvalue weighted by Gasteiger charge is -2.26. The van der Waals surface area contributed by atoms with Crippen LogP contribution in [-0.4, -0.2) is 19.6 Å². The minimum absolute atomic E-state index is 0.246. The van der Waals surface area contributed by atoms with Crippen LogP contribution in [0.25, 0.3) is 22.3 Å². The van der Waals surface area contributed by atoms with Gasteiger partial charge in [0.1, 0.15) is 22.7 Å². The smallest absolute Gasteiger partial charge is 0.342 e. The highest BCUT2D eigenvalue weighted by Crippen LogP contribution is 2.56. The Morgan fingerprint density at radius 1 is 1.19 bits per heavy atom. The lowest BCUT2D eigenvalue weighted by molar-refractivity contribution is 0.0603. The zero-order valence-electron chi connectivity index (χ0n) is 14.4. The molecule has 2 aliphatic rings. The summed E-state index contributed by atoms with van der Waals surface area (Å²) in [5, 5.41) is 4.20. The van der Waals surface area contributed by atoms with E-state index in [1.165, 1.54) is 37.6 Å². The number of carbonyl (C=O) groups is 1. The van der Waals surface area contributed by atoms with E-state index in [9.17, 15) is 9.18 Å². The van der Waals surface area contributed by atoms with E-state index < -0.39 is 5.97 Å². The summed E-state index contributed by atoms with van der Waals surface area (Å²) in [4.78, 5) is 12.5. The standard InChI is InChI=1S/C21H18FNO3/c1-25-20(24)18-14-10-15-16(23-9-8-21(15)6-7-21)11-17(14)26-19(18)12-2-4-13(22)5-3-12/h2-5,10-11,23H,6-9H2,1H3. The summed E-state index contributed by atoms with van der Waals surface area (Å²) < 4.78 is 24.3. The molecule has 132 valence electrons. The number of furan rings is 1. The fourth-order valence-electron chi connectivity index (χ4n) is 4.08. The Morgan fingerprint density at radius 2 is 1.96 bits per heavy atom. The second-order valence-electron chi connectivity index (χ2n) is 7.16. The van der Waals surface area contributed by atoms with Gasteiger partial charge in [0.15, 0.2) is 0 Å². The van der Waals surface area contributed by atoms with Crippen molar-refractivity contribution in [3.05, 3.63) is 53.3 Å². The highest BCUT2D eigenvalue weighted by Gasteiger charge is 2.47. The molecule has 4 nitrogen and oxygen atoms in total. The van der Waals surface area contributed by atoms with Crippen molar-refractivity contribution >= 4 is 22.6 Å². The first kappa shape index (κ1) is 15.4. The SMILES string of the molecule is COC(=O)c1c(-c2ccc(F)cc2)oc2cc3c(cc12)C1(CCN3)CC1. The van der Waals surface area contributed by atoms with Crippen molar-refractivity contribution in [1.82, 2.24) is 0 Å². The van der Waals surface area contributed by atoms with Crippen LogP contribution in [0.5, 0.6) is 0 Å². The molecule has 0 atom stereocenters. The largest absolute Gasteiger partial charge is 0.465 e. The third-order valence-electron chi connectivity index (χ3n) is 5.67. The molecule has 1 saturated carbocycles. The van der Waals surface area contributed by atoms with Crippen LogP contribution in [0.2, 0.25) is 0 Å². The van der Waals surface area contributed by atoms with Crippen LogP contribution in [0.1, 0.15) is 35.2 Å². The molecule has 1 aliphatic heterocycles. The summed E-state index contributed by atoms with van der Waals surface area (Å²) in [6.45, 7) is 0.952. The molecule has 1 fully saturated rings. The number of esters is 1. The fourth-order valence-corrected chi connectivity index (χ4v) is 4.08. The van der Waals surface area contributed by atoms with Crippen molar-refractivity contribution in [2.24, 2.45) is 0 Å². The van der Waals surface area contributed by atoms with E-state index >= 15 is 0 Å². The number of carbonyl (C=O) groups excluding carboxylic acids is 1. The molecule has 0 amide bonds. The number of ether oxygens (including phenoxy) is 1. The first-order chi connectivity index (χ1) is 12.6. The van der Waals surface area contributed by atoms with Crippen molar-refractivity contribution < 1.29 is 18.3 Å². The number of benzene rings is 2. The number of anilines is 1. The van der Waals surface area contributed by atoms with Gasteiger partial charge in [-0.15, -0.1) is 0 Å². The molecule has 2 heterocycles. The van der Waals surface area contributed by atoms with E-state index in [0.29, 0.717) is 22.5 Å². The highest BCUT2D eigenvalue weighted by atomic mass is 19.1. The third-order valence-corrected chi connectivity index (χ3v) is 5.67. The fraction of sp³-hybridized carbons (Fsp3) is 0.286. The van der Waals surface area contributed by atoms with E-state index in [1.807, 2.05) is 6.07 Å². The van der Waals surface area contributed by atoms with Gasteiger partial charge in [0, 0.05) is 29.2 Å². The molecular formula is C21H18FNO3. The van der Waals surface area contributed by atoms with Crippen LogP contribution < -0.4 is 5.32 Å². The maximum atomic E-state index is 13.3. The van der Waals surface area contributed by atoms with Gasteiger partial charge in [-0.25, -0.2) is 9.18 Å². The summed E-state index contributed by atoms with van der Waals surface area (Å²) in [7, 11) is 1.36. The Bertz CT molecular complexity index is 1030. The topological polar surface area (TPSA) is 51.5 Å². The molecule has 26 heavy (non-hydrogen) atoms. The van der Waals surface area contributed by atoms with Crippen molar-refractivity contribution in [3.8, 4) is 11.3 Å². The van der Waals surface area contributed by atoms with Crippen molar-refractivity contribution in [2.45, 2.75) is 24.7 Å². The van der Waals surface area contributed by atoms with Gasteiger partial charge in [-0.05, 0) is 60.6 Å². The Labute approximate surface area is 149 Å². The molecule has 0 bridgehead atoms. The monoisotopic (exact) mass is 351 g/mol. The zero-order chi connectivity index (χ0) is 17.9. The number of hydrogen-bond acceptors (Lipinski definition) is 4. The average molecular weight is 351 g/mol. The van der Waals surface area contributed by atoms with Crippen molar-refractivity contribution in [2.75, 3.05) is 19.0 Å². The molecule has 1 N–H and O–H groups in total. The van der Waals surface area contributed by atoms with Gasteiger partial charge in [0.2, 0.25) is 0 Å². The predicted octanol–water partition coefficient (Wildman–Crippen LogP) is 4.87. The normalized spacial score (nSPS) is 17.0. The van der Waals surface area contributed by atoms with Gasteiger partial charge >= 0.3 is 5.97 Å². The number of fused-ring (bicyclic) bond motifs is 3. The molecule has 1 aromatic heterocycles. The van der Waals surface area contributed by atoms with Crippen LogP contribution in [0.15, 0.2) is 40.8 Å². The number of hydrogen-bond donors (Lipinski definition) is 1. The molecule has 0 saturated heterocycles. The van der Waals surface area contributed by atoms with E-state index in [-0.39, 0.29) is 11.2 Å². The first-order valence-electron chi connectivity index (χ1n) is 8.80. The molecule has 0 unspecified atom stereocenters. The Hall–Kier alpha value is -2.82. The average Bonchev–Trinajstić information content (AvgIpc) is 3.32. The van der Waals surface area contributed by atoms with Crippen molar-refractivity contribution in [3.63, 3.8) is 0 Å². The molecule has 1 spiro atoms. The van der Waals surface area contributed by atoms with Gasteiger partial charge in [-0.1, -0.05) is 0 Å². The van der Waals surface area contributed by atoms with Gasteiger partial charge in [-0.3, -0.25) is 0 Å². The van der Waals surface area contributed by atoms with E-state index in [1.54, 1.807) is 12.1 Å². The first-order valence-corrected chi connectivity index (χ1v) is 8.80. The quantitative estimate of drug-likeness (QED) is 0.669. The Balaban J connectivity index is 1.78. The summed E-state index contributed by atoms with van der Waals surface area (Å²) in [5.41, 5.74) is 4.27. The Morgan fingerprint density at radius 3 is 2.65 bits per heavy atom. The van der Waals surface area contributed by atoms with Crippen LogP contribution in [0.3, 0.4) is 0 Å². The van der Waals surface area contributed by atoms with Crippen LogP contribution >= 0.6 is 0 Å². The second-order valence-corrected chi connectivity index (χ2v) is 7.16. The molecule has 2 aromatic carbocycles. The van der Waals surface area contributed by atoms with Crippen molar-refractivity contribution in [1.29, 1.82) is 0 Å². The summed E-state index contributed by atoms with van der Waals surface area (Å²) >= 11 is 0. The number of nitrogens with one attached hydrogen (secondary N) is 1. The number of rotatable bonds is 2. The second kappa shape index (κ2) is 5.34. The summed E-state index contributed by atoms with van der Waals surface area (Å²) in [6.07, 6.45) is 3.48. The maximum absolute atomic E-state index is 13.3. The molecular weight excluding hydrogens is 333 g/mol. The molecule has 5 rings (SSSR count). The minimum atomic E-state index is -0.448. The lowest BCUT2D eigenvalue weighted by Crippen LogP contribution is -2.21. The third kappa shape index (κ3) is 2.16. The lowest BCUT2D eigenvalue weighted by atomic mass is 9.86. The Kier molecular flexibility index (Phi) is 3.17. The summed E-state index contributed by atoms with van der Waals surface area (Å²) in [5.74, 6) is -0.365. The van der Waals surface area contributed by atoms with E-state index in [4.69, 9.17) is 9.15 Å². The number of halogens is 1. The maximum Gasteiger partial charge on any atom is 0.342 e. The van der Waals surface area contributed by atoms with Gasteiger partial charge in [0.05, 0.1) is 7.11 Å². The highest BCUT2D eigenvalue weighted by molar-refractivity contribution is 6.09. The summed E-state index contributed by atoms with van der Waals surface area (Å²) in [6, 6.07) is 9.99. The minimum Gasteiger partial charge on any atom is -0.465 e. The molecule has 1 aliphatic carbocycles. The van der Waals surface area contributed by atoms with Gasteiger partial charge in [-0.2, -0.15) is 0 Å². The molecule has 5 heteroatoms. The molecule has 3 aromatic rings. The number of methoxy groups -OCH3 is 1. The predicted molar refractivity (Wildman–Crippen MR) is 97.0 cm³/mol. The van der Waals surface area contributed by atoms with Crippen LogP contribution in [0, 0.1) is 5.82 Å². The van der Waals surface area contributed by atoms with Gasteiger partial charge in [0.25, 0.3) is 0 Å². The van der Waals surface area contributed by atoms with Crippen LogP contribution in [-0.2, 0) is 10.2 Å². The van der Waals surface area contributed by atoms with E-state index in [2.05, 4.69) is 11.4 Å². The zero-order valence-corrected chi connectivity index (χ0v) is 14.4. The van der Waals surface area contributed by atoms with Gasteiger partial charge < -0.3 is 14.5 Å². The van der Waals surface area contributed by atoms with Crippen LogP contribution in [0.4, 0.5) is 10.1 Å². The molecule has 0 radical (unpaired) electrons.